The largest absolute Gasteiger partial charge is 0.490 e. The van der Waals surface area contributed by atoms with E-state index in [1.165, 1.54) is 6.42 Å². The quantitative estimate of drug-likeness (QED) is 0.911. The standard InChI is InChI=1S/C14H20ClNO.ClH/c1-10(2)14(11-7-8-16-9-11)17-13-5-3-12(15)4-6-13;/h3-6,10-11,14,16H,7-9H2,1-2H3;1H/t11-,14?;/m0./s1. The predicted octanol–water partition coefficient (Wildman–Crippen LogP) is 3.77. The Morgan fingerprint density at radius 2 is 1.94 bits per heavy atom. The zero-order valence-electron chi connectivity index (χ0n) is 10.9. The third kappa shape index (κ3) is 4.04. The van der Waals surface area contributed by atoms with Crippen molar-refractivity contribution in [3.05, 3.63) is 29.3 Å². The van der Waals surface area contributed by atoms with Gasteiger partial charge in [0.2, 0.25) is 0 Å². The summed E-state index contributed by atoms with van der Waals surface area (Å²) in [5.74, 6) is 2.06. The van der Waals surface area contributed by atoms with Gasteiger partial charge >= 0.3 is 0 Å². The Morgan fingerprint density at radius 1 is 1.28 bits per heavy atom. The van der Waals surface area contributed by atoms with Crippen LogP contribution in [0, 0.1) is 11.8 Å². The fourth-order valence-corrected chi connectivity index (χ4v) is 2.53. The topological polar surface area (TPSA) is 21.3 Å². The lowest BCUT2D eigenvalue weighted by Crippen LogP contribution is -2.33. The molecule has 1 heterocycles. The van der Waals surface area contributed by atoms with E-state index in [-0.39, 0.29) is 18.5 Å². The van der Waals surface area contributed by atoms with E-state index in [0.29, 0.717) is 11.8 Å². The number of nitrogens with one attached hydrogen (secondary N) is 1. The van der Waals surface area contributed by atoms with Gasteiger partial charge in [-0.15, -0.1) is 12.4 Å². The average Bonchev–Trinajstić information content (AvgIpc) is 2.81. The number of rotatable bonds is 4. The van der Waals surface area contributed by atoms with Crippen LogP contribution in [0.5, 0.6) is 5.75 Å². The molecule has 0 radical (unpaired) electrons. The van der Waals surface area contributed by atoms with Crippen LogP contribution in [0.25, 0.3) is 0 Å². The lowest BCUT2D eigenvalue weighted by molar-refractivity contribution is 0.0973. The molecule has 1 saturated heterocycles. The zero-order chi connectivity index (χ0) is 12.3. The minimum atomic E-state index is 0. The molecule has 0 spiro atoms. The van der Waals surface area contributed by atoms with E-state index in [2.05, 4.69) is 19.2 Å². The number of hydrogen-bond donors (Lipinski definition) is 1. The Hall–Kier alpha value is -0.440. The van der Waals surface area contributed by atoms with Gasteiger partial charge in [0.25, 0.3) is 0 Å². The van der Waals surface area contributed by atoms with Gasteiger partial charge in [-0.2, -0.15) is 0 Å². The molecular formula is C14H21Cl2NO. The lowest BCUT2D eigenvalue weighted by Gasteiger charge is -2.27. The highest BCUT2D eigenvalue weighted by molar-refractivity contribution is 6.30. The number of hydrogen-bond acceptors (Lipinski definition) is 2. The van der Waals surface area contributed by atoms with Crippen LogP contribution in [0.1, 0.15) is 20.3 Å². The van der Waals surface area contributed by atoms with Crippen LogP contribution in [-0.4, -0.2) is 19.2 Å². The van der Waals surface area contributed by atoms with Gasteiger partial charge in [-0.3, -0.25) is 0 Å². The normalized spacial score (nSPS) is 20.6. The number of halogens is 2. The fourth-order valence-electron chi connectivity index (χ4n) is 2.40. The molecule has 0 amide bonds. The van der Waals surface area contributed by atoms with Crippen molar-refractivity contribution in [2.45, 2.75) is 26.4 Å². The van der Waals surface area contributed by atoms with Gasteiger partial charge < -0.3 is 10.1 Å². The molecule has 1 fully saturated rings. The molecule has 2 rings (SSSR count). The summed E-state index contributed by atoms with van der Waals surface area (Å²) in [4.78, 5) is 0. The van der Waals surface area contributed by atoms with Crippen LogP contribution in [0.15, 0.2) is 24.3 Å². The van der Waals surface area contributed by atoms with Crippen LogP contribution in [0.4, 0.5) is 0 Å². The SMILES string of the molecule is CC(C)C(Oc1ccc(Cl)cc1)[C@H]1CCNC1.Cl. The predicted molar refractivity (Wildman–Crippen MR) is 78.9 cm³/mol. The molecule has 102 valence electrons. The van der Waals surface area contributed by atoms with Gasteiger partial charge in [0.05, 0.1) is 0 Å². The smallest absolute Gasteiger partial charge is 0.119 e. The summed E-state index contributed by atoms with van der Waals surface area (Å²) < 4.78 is 6.12. The number of ether oxygens (including phenoxy) is 1. The monoisotopic (exact) mass is 289 g/mol. The van der Waals surface area contributed by atoms with E-state index >= 15 is 0 Å². The molecule has 1 aliphatic rings. The minimum Gasteiger partial charge on any atom is -0.490 e. The third-order valence-electron chi connectivity index (χ3n) is 3.31. The molecule has 1 aliphatic heterocycles. The van der Waals surface area contributed by atoms with Crippen molar-refractivity contribution < 1.29 is 4.74 Å². The molecule has 2 atom stereocenters. The summed E-state index contributed by atoms with van der Waals surface area (Å²) in [5.41, 5.74) is 0. The average molecular weight is 290 g/mol. The highest BCUT2D eigenvalue weighted by Gasteiger charge is 2.28. The van der Waals surface area contributed by atoms with Crippen molar-refractivity contribution in [2.24, 2.45) is 11.8 Å². The van der Waals surface area contributed by atoms with Crippen molar-refractivity contribution in [1.82, 2.24) is 5.32 Å². The molecule has 1 unspecified atom stereocenters. The molecule has 1 aromatic carbocycles. The van der Waals surface area contributed by atoms with Gasteiger partial charge in [-0.05, 0) is 43.1 Å². The van der Waals surface area contributed by atoms with Gasteiger partial charge in [0.15, 0.2) is 0 Å². The number of benzene rings is 1. The summed E-state index contributed by atoms with van der Waals surface area (Å²) in [6.07, 6.45) is 1.49. The second kappa shape index (κ2) is 7.22. The highest BCUT2D eigenvalue weighted by Crippen LogP contribution is 2.25. The highest BCUT2D eigenvalue weighted by atomic mass is 35.5. The van der Waals surface area contributed by atoms with Crippen LogP contribution < -0.4 is 10.1 Å². The van der Waals surface area contributed by atoms with E-state index in [1.807, 2.05) is 24.3 Å². The molecule has 0 aromatic heterocycles. The fraction of sp³-hybridized carbons (Fsp3) is 0.571. The molecule has 0 aliphatic carbocycles. The molecule has 1 aromatic rings. The first-order valence-corrected chi connectivity index (χ1v) is 6.67. The van der Waals surface area contributed by atoms with Crippen molar-refractivity contribution in [3.63, 3.8) is 0 Å². The molecule has 4 heteroatoms. The molecule has 0 saturated carbocycles. The second-order valence-corrected chi connectivity index (χ2v) is 5.47. The van der Waals surface area contributed by atoms with Gasteiger partial charge in [-0.25, -0.2) is 0 Å². The van der Waals surface area contributed by atoms with E-state index in [9.17, 15) is 0 Å². The van der Waals surface area contributed by atoms with Crippen LogP contribution >= 0.6 is 24.0 Å². The molecule has 0 bridgehead atoms. The third-order valence-corrected chi connectivity index (χ3v) is 3.56. The Kier molecular flexibility index (Phi) is 6.27. The maximum absolute atomic E-state index is 6.12. The van der Waals surface area contributed by atoms with Crippen LogP contribution in [-0.2, 0) is 0 Å². The van der Waals surface area contributed by atoms with Gasteiger partial charge in [0, 0.05) is 17.5 Å². The van der Waals surface area contributed by atoms with E-state index in [4.69, 9.17) is 16.3 Å². The van der Waals surface area contributed by atoms with Crippen molar-refractivity contribution >= 4 is 24.0 Å². The molecule has 2 nitrogen and oxygen atoms in total. The molecule has 1 N–H and O–H groups in total. The Labute approximate surface area is 120 Å². The Morgan fingerprint density at radius 3 is 2.44 bits per heavy atom. The maximum atomic E-state index is 6.12. The lowest BCUT2D eigenvalue weighted by atomic mass is 9.92. The van der Waals surface area contributed by atoms with Crippen molar-refractivity contribution in [3.8, 4) is 5.75 Å². The van der Waals surface area contributed by atoms with Crippen molar-refractivity contribution in [1.29, 1.82) is 0 Å². The summed E-state index contributed by atoms with van der Waals surface area (Å²) in [6.45, 7) is 6.62. The first-order valence-electron chi connectivity index (χ1n) is 6.30. The first-order chi connectivity index (χ1) is 8.16. The van der Waals surface area contributed by atoms with Crippen molar-refractivity contribution in [2.75, 3.05) is 13.1 Å². The Bertz CT molecular complexity index is 347. The minimum absolute atomic E-state index is 0. The summed E-state index contributed by atoms with van der Waals surface area (Å²) >= 11 is 5.87. The summed E-state index contributed by atoms with van der Waals surface area (Å²) in [7, 11) is 0. The maximum Gasteiger partial charge on any atom is 0.119 e. The molecular weight excluding hydrogens is 269 g/mol. The zero-order valence-corrected chi connectivity index (χ0v) is 12.4. The summed E-state index contributed by atoms with van der Waals surface area (Å²) in [5, 5.41) is 4.15. The summed E-state index contributed by atoms with van der Waals surface area (Å²) in [6, 6.07) is 7.64. The van der Waals surface area contributed by atoms with E-state index in [0.717, 1.165) is 23.9 Å². The van der Waals surface area contributed by atoms with E-state index in [1.54, 1.807) is 0 Å². The molecule has 18 heavy (non-hydrogen) atoms. The van der Waals surface area contributed by atoms with Gasteiger partial charge in [0.1, 0.15) is 11.9 Å². The Balaban J connectivity index is 0.00000162. The first kappa shape index (κ1) is 15.6. The van der Waals surface area contributed by atoms with Crippen LogP contribution in [0.2, 0.25) is 5.02 Å². The van der Waals surface area contributed by atoms with Crippen LogP contribution in [0.3, 0.4) is 0 Å². The van der Waals surface area contributed by atoms with E-state index < -0.39 is 0 Å². The second-order valence-electron chi connectivity index (χ2n) is 5.03. The van der Waals surface area contributed by atoms with Gasteiger partial charge in [-0.1, -0.05) is 25.4 Å².